The summed E-state index contributed by atoms with van der Waals surface area (Å²) in [6, 6.07) is 2.95. The van der Waals surface area contributed by atoms with Gasteiger partial charge >= 0.3 is 0 Å². The zero-order chi connectivity index (χ0) is 18.1. The highest BCUT2D eigenvalue weighted by Gasteiger charge is 2.26. The Morgan fingerprint density at radius 1 is 1.28 bits per heavy atom. The quantitative estimate of drug-likeness (QED) is 0.859. The predicted octanol–water partition coefficient (Wildman–Crippen LogP) is 2.76. The second kappa shape index (κ2) is 10.2. The molecule has 0 aliphatic carbocycles. The van der Waals surface area contributed by atoms with Crippen molar-refractivity contribution in [2.24, 2.45) is 5.92 Å². The van der Waals surface area contributed by atoms with Crippen LogP contribution in [0, 0.1) is 5.92 Å². The van der Waals surface area contributed by atoms with Crippen LogP contribution in [0.2, 0.25) is 0 Å². The number of nitrogens with one attached hydrogen (secondary N) is 2. The van der Waals surface area contributed by atoms with E-state index >= 15 is 0 Å². The van der Waals surface area contributed by atoms with Gasteiger partial charge in [0, 0.05) is 24.8 Å². The van der Waals surface area contributed by atoms with Crippen LogP contribution in [0.1, 0.15) is 45.4 Å². The summed E-state index contributed by atoms with van der Waals surface area (Å²) in [4.78, 5) is 40.3. The molecule has 0 unspecified atom stereocenters. The van der Waals surface area contributed by atoms with Crippen molar-refractivity contribution in [3.63, 3.8) is 0 Å². The Bertz CT molecular complexity index is 594. The van der Waals surface area contributed by atoms with Crippen molar-refractivity contribution in [1.82, 2.24) is 10.3 Å². The van der Waals surface area contributed by atoms with Crippen LogP contribution in [0.25, 0.3) is 0 Å². The SMILES string of the molecule is CC(=O)SC[C@H]1CCCCCC[C@H](C(=O)Nc2cccnc2)NC1=O. The lowest BCUT2D eigenvalue weighted by molar-refractivity contribution is -0.129. The van der Waals surface area contributed by atoms with Crippen molar-refractivity contribution in [2.45, 2.75) is 51.5 Å². The summed E-state index contributed by atoms with van der Waals surface area (Å²) < 4.78 is 0. The smallest absolute Gasteiger partial charge is 0.246 e. The lowest BCUT2D eigenvalue weighted by Gasteiger charge is -2.23. The molecule has 0 bridgehead atoms. The first-order valence-corrected chi connectivity index (χ1v) is 9.69. The van der Waals surface area contributed by atoms with Gasteiger partial charge in [-0.15, -0.1) is 0 Å². The molecule has 7 heteroatoms. The Kier molecular flexibility index (Phi) is 7.91. The van der Waals surface area contributed by atoms with Crippen LogP contribution in [0.4, 0.5) is 5.69 Å². The number of nitrogens with zero attached hydrogens (tertiary/aromatic N) is 1. The molecule has 2 rings (SSSR count). The third-order valence-electron chi connectivity index (χ3n) is 4.22. The van der Waals surface area contributed by atoms with Crippen molar-refractivity contribution in [2.75, 3.05) is 11.1 Å². The van der Waals surface area contributed by atoms with E-state index in [9.17, 15) is 14.4 Å². The first-order valence-electron chi connectivity index (χ1n) is 8.71. The highest BCUT2D eigenvalue weighted by Crippen LogP contribution is 2.20. The highest BCUT2D eigenvalue weighted by molar-refractivity contribution is 8.13. The molecule has 136 valence electrons. The molecule has 2 heterocycles. The average Bonchev–Trinajstić information content (AvgIpc) is 2.59. The monoisotopic (exact) mass is 363 g/mol. The van der Waals surface area contributed by atoms with Gasteiger partial charge in [0.2, 0.25) is 11.8 Å². The number of aromatic nitrogens is 1. The number of carbonyl (C=O) groups excluding carboxylic acids is 3. The lowest BCUT2D eigenvalue weighted by Crippen LogP contribution is -2.46. The van der Waals surface area contributed by atoms with Crippen LogP contribution in [-0.2, 0) is 14.4 Å². The summed E-state index contributed by atoms with van der Waals surface area (Å²) in [5, 5.41) is 5.70. The van der Waals surface area contributed by atoms with Gasteiger partial charge < -0.3 is 10.6 Å². The Morgan fingerprint density at radius 2 is 2.04 bits per heavy atom. The summed E-state index contributed by atoms with van der Waals surface area (Å²) in [7, 11) is 0. The molecule has 0 radical (unpaired) electrons. The molecular formula is C18H25N3O3S. The molecule has 0 saturated carbocycles. The van der Waals surface area contributed by atoms with Crippen molar-refractivity contribution in [3.05, 3.63) is 24.5 Å². The number of rotatable bonds is 4. The minimum atomic E-state index is -0.560. The van der Waals surface area contributed by atoms with E-state index in [-0.39, 0.29) is 22.8 Å². The van der Waals surface area contributed by atoms with Gasteiger partial charge in [-0.25, -0.2) is 0 Å². The Balaban J connectivity index is 2.01. The van der Waals surface area contributed by atoms with E-state index in [0.29, 0.717) is 17.9 Å². The van der Waals surface area contributed by atoms with Gasteiger partial charge in [-0.05, 0) is 25.0 Å². The highest BCUT2D eigenvalue weighted by atomic mass is 32.2. The van der Waals surface area contributed by atoms with Crippen LogP contribution in [-0.4, -0.2) is 33.7 Å². The van der Waals surface area contributed by atoms with Gasteiger partial charge in [0.05, 0.1) is 11.9 Å². The van der Waals surface area contributed by atoms with Crippen LogP contribution in [0.5, 0.6) is 0 Å². The van der Waals surface area contributed by atoms with Crippen LogP contribution >= 0.6 is 11.8 Å². The van der Waals surface area contributed by atoms with E-state index in [2.05, 4.69) is 15.6 Å². The van der Waals surface area contributed by atoms with Gasteiger partial charge in [-0.3, -0.25) is 19.4 Å². The standard InChI is InChI=1S/C18H25N3O3S/c1-13(22)25-12-14-7-4-2-3-5-9-16(21-17(14)23)18(24)20-15-8-6-10-19-11-15/h6,8,10-11,14,16H,2-5,7,9,12H2,1H3,(H,20,24)(H,21,23)/t14-,16-/m1/s1. The third kappa shape index (κ3) is 6.86. The number of hydrogen-bond donors (Lipinski definition) is 2. The summed E-state index contributed by atoms with van der Waals surface area (Å²) in [5.41, 5.74) is 0.613. The maximum absolute atomic E-state index is 12.6. The van der Waals surface area contributed by atoms with E-state index in [4.69, 9.17) is 0 Å². The number of amides is 2. The number of pyridine rings is 1. The van der Waals surface area contributed by atoms with E-state index in [1.165, 1.54) is 18.7 Å². The summed E-state index contributed by atoms with van der Waals surface area (Å²) in [6.07, 6.45) is 8.55. The van der Waals surface area contributed by atoms with Crippen molar-refractivity contribution < 1.29 is 14.4 Å². The van der Waals surface area contributed by atoms with Crippen LogP contribution in [0.3, 0.4) is 0 Å². The second-order valence-electron chi connectivity index (χ2n) is 6.28. The molecule has 1 aliphatic heterocycles. The molecule has 0 aromatic carbocycles. The van der Waals surface area contributed by atoms with Gasteiger partial charge in [0.25, 0.3) is 0 Å². The van der Waals surface area contributed by atoms with Gasteiger partial charge in [0.1, 0.15) is 6.04 Å². The summed E-state index contributed by atoms with van der Waals surface area (Å²) in [6.45, 7) is 1.51. The zero-order valence-corrected chi connectivity index (χ0v) is 15.3. The number of carbonyl (C=O) groups is 3. The van der Waals surface area contributed by atoms with Crippen molar-refractivity contribution >= 4 is 34.4 Å². The number of anilines is 1. The minimum absolute atomic E-state index is 0.00997. The average molecular weight is 363 g/mol. The molecule has 1 fully saturated rings. The molecule has 6 nitrogen and oxygen atoms in total. The maximum Gasteiger partial charge on any atom is 0.246 e. The van der Waals surface area contributed by atoms with Gasteiger partial charge in [-0.2, -0.15) is 0 Å². The summed E-state index contributed by atoms with van der Waals surface area (Å²) >= 11 is 1.17. The number of thioether (sulfide) groups is 1. The van der Waals surface area contributed by atoms with E-state index < -0.39 is 6.04 Å². The fourth-order valence-corrected chi connectivity index (χ4v) is 3.58. The Hall–Kier alpha value is -1.89. The number of hydrogen-bond acceptors (Lipinski definition) is 5. The largest absolute Gasteiger partial charge is 0.344 e. The molecule has 25 heavy (non-hydrogen) atoms. The normalized spacial score (nSPS) is 21.9. The molecule has 1 aromatic heterocycles. The Morgan fingerprint density at radius 3 is 2.72 bits per heavy atom. The fraction of sp³-hybridized carbons (Fsp3) is 0.556. The van der Waals surface area contributed by atoms with Crippen molar-refractivity contribution in [1.29, 1.82) is 0 Å². The lowest BCUT2D eigenvalue weighted by atomic mass is 9.97. The topological polar surface area (TPSA) is 88.2 Å². The van der Waals surface area contributed by atoms with Crippen LogP contribution < -0.4 is 10.6 Å². The fourth-order valence-electron chi connectivity index (χ4n) is 2.83. The first-order chi connectivity index (χ1) is 12.1. The minimum Gasteiger partial charge on any atom is -0.344 e. The van der Waals surface area contributed by atoms with Gasteiger partial charge in [-0.1, -0.05) is 37.4 Å². The van der Waals surface area contributed by atoms with Crippen LogP contribution in [0.15, 0.2) is 24.5 Å². The second-order valence-corrected chi connectivity index (χ2v) is 7.48. The molecule has 0 spiro atoms. The predicted molar refractivity (Wildman–Crippen MR) is 99.1 cm³/mol. The molecule has 1 aliphatic rings. The molecule has 1 saturated heterocycles. The zero-order valence-electron chi connectivity index (χ0n) is 14.5. The molecular weight excluding hydrogens is 338 g/mol. The van der Waals surface area contributed by atoms with Crippen molar-refractivity contribution in [3.8, 4) is 0 Å². The Labute approximate surface area is 152 Å². The van der Waals surface area contributed by atoms with E-state index in [1.54, 1.807) is 24.5 Å². The summed E-state index contributed by atoms with van der Waals surface area (Å²) in [5.74, 6) is -0.124. The molecule has 2 N–H and O–H groups in total. The third-order valence-corrected chi connectivity index (χ3v) is 5.19. The molecule has 2 atom stereocenters. The first kappa shape index (κ1) is 19.4. The molecule has 1 aromatic rings. The van der Waals surface area contributed by atoms with Gasteiger partial charge in [0.15, 0.2) is 5.12 Å². The maximum atomic E-state index is 12.6. The van der Waals surface area contributed by atoms with E-state index in [1.807, 2.05) is 0 Å². The van der Waals surface area contributed by atoms with E-state index in [0.717, 1.165) is 32.1 Å². The molecule has 2 amide bonds.